The molecule has 3 N–H and O–H groups in total. The molecule has 0 unspecified atom stereocenters. The number of hydrazine groups is 1. The minimum Gasteiger partial charge on any atom is -0.299 e. The van der Waals surface area contributed by atoms with Crippen LogP contribution >= 0.6 is 0 Å². The highest BCUT2D eigenvalue weighted by Crippen LogP contribution is 2.20. The van der Waals surface area contributed by atoms with E-state index in [0.717, 1.165) is 43.0 Å². The van der Waals surface area contributed by atoms with Gasteiger partial charge in [0.2, 0.25) is 0 Å². The third kappa shape index (κ3) is 2.30. The number of fused-ring (bicyclic) bond motifs is 1. The Bertz CT molecular complexity index is 444. The van der Waals surface area contributed by atoms with Gasteiger partial charge in [-0.15, -0.1) is 0 Å². The predicted octanol–water partition coefficient (Wildman–Crippen LogP) is 0.372. The van der Waals surface area contributed by atoms with Crippen LogP contribution in [-0.2, 0) is 13.0 Å². The molecule has 5 heteroatoms. The molecule has 17 heavy (non-hydrogen) atoms. The molecule has 2 heterocycles. The van der Waals surface area contributed by atoms with Crippen LogP contribution in [0.1, 0.15) is 34.2 Å². The molecule has 2 rings (SSSR count). The van der Waals surface area contributed by atoms with E-state index in [1.165, 1.54) is 0 Å². The van der Waals surface area contributed by atoms with Gasteiger partial charge in [-0.3, -0.25) is 20.1 Å². The van der Waals surface area contributed by atoms with Crippen LogP contribution in [0, 0.1) is 6.92 Å². The van der Waals surface area contributed by atoms with Crippen molar-refractivity contribution in [3.05, 3.63) is 28.6 Å². The fraction of sp³-hybridized carbons (Fsp3) is 0.500. The Morgan fingerprint density at radius 3 is 3.06 bits per heavy atom. The highest BCUT2D eigenvalue weighted by atomic mass is 16.2. The predicted molar refractivity (Wildman–Crippen MR) is 65.3 cm³/mol. The second kappa shape index (κ2) is 4.81. The number of rotatable bonds is 2. The molecule has 1 aliphatic heterocycles. The number of nitrogens with zero attached hydrogens (tertiary/aromatic N) is 2. The molecule has 1 aliphatic rings. The molecular formula is C12H18N4O. The summed E-state index contributed by atoms with van der Waals surface area (Å²) in [6.07, 6.45) is 0.953. The van der Waals surface area contributed by atoms with E-state index in [4.69, 9.17) is 5.84 Å². The van der Waals surface area contributed by atoms with Crippen molar-refractivity contribution in [2.45, 2.75) is 26.8 Å². The highest BCUT2D eigenvalue weighted by Gasteiger charge is 2.19. The largest absolute Gasteiger partial charge is 0.299 e. The third-order valence-corrected chi connectivity index (χ3v) is 3.26. The van der Waals surface area contributed by atoms with Crippen molar-refractivity contribution >= 4 is 5.91 Å². The summed E-state index contributed by atoms with van der Waals surface area (Å²) in [5.41, 5.74) is 5.73. The first-order chi connectivity index (χ1) is 8.15. The maximum absolute atomic E-state index is 11.6. The molecule has 1 aromatic rings. The van der Waals surface area contributed by atoms with Crippen LogP contribution in [-0.4, -0.2) is 28.9 Å². The van der Waals surface area contributed by atoms with Crippen molar-refractivity contribution in [3.63, 3.8) is 0 Å². The minimum absolute atomic E-state index is 0.272. The monoisotopic (exact) mass is 234 g/mol. The van der Waals surface area contributed by atoms with Crippen LogP contribution in [0.4, 0.5) is 0 Å². The van der Waals surface area contributed by atoms with Crippen molar-refractivity contribution in [1.29, 1.82) is 0 Å². The van der Waals surface area contributed by atoms with Gasteiger partial charge in [0, 0.05) is 25.2 Å². The number of aryl methyl sites for hydroxylation is 1. The fourth-order valence-corrected chi connectivity index (χ4v) is 2.21. The molecule has 5 nitrogen and oxygen atoms in total. The zero-order chi connectivity index (χ0) is 12.4. The minimum atomic E-state index is -0.272. The first-order valence-corrected chi connectivity index (χ1v) is 5.88. The van der Waals surface area contributed by atoms with E-state index in [1.807, 2.05) is 13.0 Å². The quantitative estimate of drug-likeness (QED) is 0.440. The van der Waals surface area contributed by atoms with Gasteiger partial charge >= 0.3 is 0 Å². The average molecular weight is 234 g/mol. The number of amides is 1. The summed E-state index contributed by atoms with van der Waals surface area (Å²) >= 11 is 0. The molecular weight excluding hydrogens is 216 g/mol. The van der Waals surface area contributed by atoms with E-state index >= 15 is 0 Å². The molecule has 0 aliphatic carbocycles. The average Bonchev–Trinajstić information content (AvgIpc) is 2.36. The van der Waals surface area contributed by atoms with E-state index in [1.54, 1.807) is 0 Å². The van der Waals surface area contributed by atoms with Crippen molar-refractivity contribution in [3.8, 4) is 0 Å². The van der Waals surface area contributed by atoms with Crippen LogP contribution in [0.25, 0.3) is 0 Å². The Hall–Kier alpha value is -1.46. The van der Waals surface area contributed by atoms with Gasteiger partial charge in [0.25, 0.3) is 5.91 Å². The maximum Gasteiger partial charge on any atom is 0.267 e. The van der Waals surface area contributed by atoms with Crippen molar-refractivity contribution in [2.75, 3.05) is 13.1 Å². The summed E-state index contributed by atoms with van der Waals surface area (Å²) in [5.74, 6) is 4.89. The molecule has 1 amide bonds. The third-order valence-electron chi connectivity index (χ3n) is 3.26. The standard InChI is InChI=1S/C12H18N4O/c1-3-16-5-4-11-9(7-16)6-10(8(2)14-11)12(17)15-13/h6H,3-5,7,13H2,1-2H3,(H,15,17). The second-order valence-electron chi connectivity index (χ2n) is 4.32. The Labute approximate surface area is 101 Å². The van der Waals surface area contributed by atoms with E-state index in [-0.39, 0.29) is 5.91 Å². The first-order valence-electron chi connectivity index (χ1n) is 5.88. The number of nitrogen functional groups attached to an aromatic ring is 1. The summed E-state index contributed by atoms with van der Waals surface area (Å²) in [6.45, 7) is 6.91. The van der Waals surface area contributed by atoms with Crippen molar-refractivity contribution in [1.82, 2.24) is 15.3 Å². The Kier molecular flexibility index (Phi) is 3.40. The summed E-state index contributed by atoms with van der Waals surface area (Å²) in [5, 5.41) is 0. The van der Waals surface area contributed by atoms with Crippen LogP contribution in [0.2, 0.25) is 0 Å². The number of carbonyl (C=O) groups excluding carboxylic acids is 1. The molecule has 0 aromatic carbocycles. The fourth-order valence-electron chi connectivity index (χ4n) is 2.21. The normalized spacial score (nSPS) is 15.5. The summed E-state index contributed by atoms with van der Waals surface area (Å²) in [4.78, 5) is 18.4. The summed E-state index contributed by atoms with van der Waals surface area (Å²) in [7, 11) is 0. The highest BCUT2D eigenvalue weighted by molar-refractivity contribution is 5.95. The van der Waals surface area contributed by atoms with Crippen molar-refractivity contribution in [2.24, 2.45) is 5.84 Å². The number of likely N-dealkylation sites (N-methyl/N-ethyl adjacent to an activating group) is 1. The van der Waals surface area contributed by atoms with Gasteiger partial charge < -0.3 is 0 Å². The molecule has 0 bridgehead atoms. The van der Waals surface area contributed by atoms with Crippen molar-refractivity contribution < 1.29 is 4.79 Å². The lowest BCUT2D eigenvalue weighted by atomic mass is 10.0. The Balaban J connectivity index is 2.37. The number of hydrogen-bond donors (Lipinski definition) is 2. The van der Waals surface area contributed by atoms with Gasteiger partial charge in [-0.25, -0.2) is 5.84 Å². The second-order valence-corrected chi connectivity index (χ2v) is 4.32. The lowest BCUT2D eigenvalue weighted by molar-refractivity contribution is 0.0952. The summed E-state index contributed by atoms with van der Waals surface area (Å²) in [6, 6.07) is 1.92. The van der Waals surface area contributed by atoms with Crippen LogP contribution < -0.4 is 11.3 Å². The maximum atomic E-state index is 11.6. The smallest absolute Gasteiger partial charge is 0.267 e. The first kappa shape index (κ1) is 12.0. The molecule has 0 spiro atoms. The van der Waals surface area contributed by atoms with E-state index in [2.05, 4.69) is 22.2 Å². The van der Waals surface area contributed by atoms with Gasteiger partial charge in [0.05, 0.1) is 11.3 Å². The van der Waals surface area contributed by atoms with E-state index in [0.29, 0.717) is 5.56 Å². The number of pyridine rings is 1. The Morgan fingerprint density at radius 1 is 1.65 bits per heavy atom. The topological polar surface area (TPSA) is 71.2 Å². The van der Waals surface area contributed by atoms with Gasteiger partial charge in [0.1, 0.15) is 0 Å². The van der Waals surface area contributed by atoms with Crippen LogP contribution in [0.5, 0.6) is 0 Å². The number of nitrogens with two attached hydrogens (primary N) is 1. The molecule has 0 saturated heterocycles. The zero-order valence-corrected chi connectivity index (χ0v) is 10.3. The number of hydrogen-bond acceptors (Lipinski definition) is 4. The summed E-state index contributed by atoms with van der Waals surface area (Å²) < 4.78 is 0. The molecule has 1 aromatic heterocycles. The van der Waals surface area contributed by atoms with Gasteiger partial charge in [0.15, 0.2) is 0 Å². The zero-order valence-electron chi connectivity index (χ0n) is 10.3. The number of carbonyl (C=O) groups is 1. The molecule has 0 radical (unpaired) electrons. The lowest BCUT2D eigenvalue weighted by Crippen LogP contribution is -2.33. The van der Waals surface area contributed by atoms with Gasteiger partial charge in [-0.05, 0) is 25.1 Å². The van der Waals surface area contributed by atoms with E-state index < -0.39 is 0 Å². The molecule has 92 valence electrons. The van der Waals surface area contributed by atoms with Crippen LogP contribution in [0.15, 0.2) is 6.07 Å². The Morgan fingerprint density at radius 2 is 2.41 bits per heavy atom. The molecule has 0 saturated carbocycles. The van der Waals surface area contributed by atoms with Gasteiger partial charge in [-0.1, -0.05) is 6.92 Å². The number of nitrogens with one attached hydrogen (secondary N) is 1. The molecule has 0 fully saturated rings. The SMILES string of the molecule is CCN1CCc2nc(C)c(C(=O)NN)cc2C1. The lowest BCUT2D eigenvalue weighted by Gasteiger charge is -2.27. The van der Waals surface area contributed by atoms with Crippen LogP contribution in [0.3, 0.4) is 0 Å². The number of aromatic nitrogens is 1. The molecule has 0 atom stereocenters. The van der Waals surface area contributed by atoms with E-state index in [9.17, 15) is 4.79 Å². The van der Waals surface area contributed by atoms with Gasteiger partial charge in [-0.2, -0.15) is 0 Å².